The lowest BCUT2D eigenvalue weighted by atomic mass is 10.1. The zero-order valence-electron chi connectivity index (χ0n) is 11.0. The van der Waals surface area contributed by atoms with E-state index in [4.69, 9.17) is 0 Å². The summed E-state index contributed by atoms with van der Waals surface area (Å²) in [6.07, 6.45) is 0. The largest absolute Gasteiger partial charge is 0.320 e. The van der Waals surface area contributed by atoms with Gasteiger partial charge in [-0.15, -0.1) is 0 Å². The highest BCUT2D eigenvalue weighted by atomic mass is 16.2. The minimum absolute atomic E-state index is 0.189. The van der Waals surface area contributed by atoms with Gasteiger partial charge in [0.2, 0.25) is 0 Å². The summed E-state index contributed by atoms with van der Waals surface area (Å²) < 4.78 is 0. The number of aryl methyl sites for hydroxylation is 1. The van der Waals surface area contributed by atoms with E-state index in [9.17, 15) is 9.59 Å². The highest BCUT2D eigenvalue weighted by Crippen LogP contribution is 2.22. The topological polar surface area (TPSA) is 58.2 Å². The molecule has 2 N–H and O–H groups in total. The van der Waals surface area contributed by atoms with E-state index in [1.54, 1.807) is 24.3 Å². The molecule has 0 fully saturated rings. The lowest BCUT2D eigenvalue weighted by molar-refractivity contribution is 0.0874. The van der Waals surface area contributed by atoms with Crippen LogP contribution in [0, 0.1) is 6.92 Å². The number of ketones is 2. The van der Waals surface area contributed by atoms with Crippen molar-refractivity contribution in [2.24, 2.45) is 0 Å². The molecule has 2 aromatic carbocycles. The summed E-state index contributed by atoms with van der Waals surface area (Å²) in [6.45, 7) is 1.98. The van der Waals surface area contributed by atoms with Gasteiger partial charge in [0.05, 0.1) is 0 Å². The molecule has 2 aromatic rings. The molecular weight excluding hydrogens is 252 g/mol. The first-order chi connectivity index (χ1) is 9.66. The van der Waals surface area contributed by atoms with Crippen LogP contribution in [-0.2, 0) is 0 Å². The molecule has 0 heterocycles. The van der Waals surface area contributed by atoms with Gasteiger partial charge in [-0.2, -0.15) is 0 Å². The van der Waals surface area contributed by atoms with Gasteiger partial charge in [-0.1, -0.05) is 36.4 Å². The van der Waals surface area contributed by atoms with E-state index < -0.39 is 6.04 Å². The highest BCUT2D eigenvalue weighted by Gasteiger charge is 2.37. The predicted molar refractivity (Wildman–Crippen MR) is 76.8 cm³/mol. The van der Waals surface area contributed by atoms with Crippen LogP contribution in [0.3, 0.4) is 0 Å². The van der Waals surface area contributed by atoms with E-state index in [1.165, 1.54) is 0 Å². The van der Waals surface area contributed by atoms with Gasteiger partial charge in [0.1, 0.15) is 0 Å². The van der Waals surface area contributed by atoms with E-state index in [1.807, 2.05) is 31.2 Å². The van der Waals surface area contributed by atoms with E-state index in [0.29, 0.717) is 11.1 Å². The van der Waals surface area contributed by atoms with Gasteiger partial charge in [-0.25, -0.2) is 5.43 Å². The number of carbonyl (C=O) groups is 2. The number of fused-ring (bicyclic) bond motifs is 1. The van der Waals surface area contributed by atoms with Crippen LogP contribution in [0.4, 0.5) is 5.69 Å². The smallest absolute Gasteiger partial charge is 0.190 e. The van der Waals surface area contributed by atoms with Crippen LogP contribution < -0.4 is 10.9 Å². The van der Waals surface area contributed by atoms with Crippen molar-refractivity contribution in [2.45, 2.75) is 13.0 Å². The van der Waals surface area contributed by atoms with Gasteiger partial charge in [0.15, 0.2) is 17.6 Å². The second-order valence-electron chi connectivity index (χ2n) is 4.85. The Morgan fingerprint density at radius 2 is 1.55 bits per heavy atom. The van der Waals surface area contributed by atoms with E-state index >= 15 is 0 Å². The Labute approximate surface area is 116 Å². The fourth-order valence-corrected chi connectivity index (χ4v) is 2.35. The maximum Gasteiger partial charge on any atom is 0.190 e. The average molecular weight is 266 g/mol. The van der Waals surface area contributed by atoms with Crippen LogP contribution in [0.1, 0.15) is 26.3 Å². The fourth-order valence-electron chi connectivity index (χ4n) is 2.35. The highest BCUT2D eigenvalue weighted by molar-refractivity contribution is 6.29. The summed E-state index contributed by atoms with van der Waals surface area (Å²) in [5.74, 6) is -0.378. The van der Waals surface area contributed by atoms with Gasteiger partial charge < -0.3 is 5.43 Å². The van der Waals surface area contributed by atoms with Crippen molar-refractivity contribution in [1.29, 1.82) is 0 Å². The average Bonchev–Trinajstić information content (AvgIpc) is 2.70. The number of benzene rings is 2. The number of hydrazine groups is 1. The predicted octanol–water partition coefficient (Wildman–Crippen LogP) is 2.36. The van der Waals surface area contributed by atoms with Gasteiger partial charge in [0.25, 0.3) is 0 Å². The Morgan fingerprint density at radius 3 is 2.15 bits per heavy atom. The SMILES string of the molecule is Cc1cccc(NNC2C(=O)c3ccccc3C2=O)c1. The second-order valence-corrected chi connectivity index (χ2v) is 4.85. The zero-order valence-corrected chi connectivity index (χ0v) is 11.0. The lowest BCUT2D eigenvalue weighted by Gasteiger charge is -2.12. The summed E-state index contributed by atoms with van der Waals surface area (Å²) in [5.41, 5.74) is 8.65. The third-order valence-electron chi connectivity index (χ3n) is 3.36. The van der Waals surface area contributed by atoms with Crippen LogP contribution in [0.15, 0.2) is 48.5 Å². The number of hydrogen-bond donors (Lipinski definition) is 2. The van der Waals surface area contributed by atoms with Gasteiger partial charge in [-0.3, -0.25) is 9.59 Å². The Bertz CT molecular complexity index is 659. The third-order valence-corrected chi connectivity index (χ3v) is 3.36. The molecule has 1 aliphatic carbocycles. The number of anilines is 1. The van der Waals surface area contributed by atoms with Crippen LogP contribution in [0.25, 0.3) is 0 Å². The van der Waals surface area contributed by atoms with Crippen LogP contribution in [0.2, 0.25) is 0 Å². The molecule has 0 atom stereocenters. The molecule has 100 valence electrons. The van der Waals surface area contributed by atoms with Crippen molar-refractivity contribution in [1.82, 2.24) is 5.43 Å². The monoisotopic (exact) mass is 266 g/mol. The normalized spacial score (nSPS) is 14.4. The third kappa shape index (κ3) is 2.10. The Morgan fingerprint density at radius 1 is 0.900 bits per heavy atom. The van der Waals surface area contributed by atoms with Crippen molar-refractivity contribution in [3.05, 3.63) is 65.2 Å². The first kappa shape index (κ1) is 12.6. The molecule has 0 spiro atoms. The summed E-state index contributed by atoms with van der Waals surface area (Å²) in [5, 5.41) is 0. The number of hydrogen-bond acceptors (Lipinski definition) is 4. The van der Waals surface area contributed by atoms with Crippen molar-refractivity contribution >= 4 is 17.3 Å². The van der Waals surface area contributed by atoms with E-state index in [-0.39, 0.29) is 11.6 Å². The molecular formula is C16H14N2O2. The summed E-state index contributed by atoms with van der Waals surface area (Å²) in [7, 11) is 0. The first-order valence-electron chi connectivity index (χ1n) is 6.42. The summed E-state index contributed by atoms with van der Waals surface area (Å²) in [6, 6.07) is 13.7. The molecule has 0 bridgehead atoms. The van der Waals surface area contributed by atoms with Crippen LogP contribution in [-0.4, -0.2) is 17.6 Å². The molecule has 0 aliphatic heterocycles. The van der Waals surface area contributed by atoms with Crippen molar-refractivity contribution < 1.29 is 9.59 Å². The summed E-state index contributed by atoms with van der Waals surface area (Å²) >= 11 is 0. The Balaban J connectivity index is 1.77. The van der Waals surface area contributed by atoms with Gasteiger partial charge in [-0.05, 0) is 24.6 Å². The minimum atomic E-state index is -0.854. The number of rotatable bonds is 3. The molecule has 0 unspecified atom stereocenters. The van der Waals surface area contributed by atoms with Crippen molar-refractivity contribution in [3.8, 4) is 0 Å². The molecule has 4 heteroatoms. The second kappa shape index (κ2) is 4.90. The summed E-state index contributed by atoms with van der Waals surface area (Å²) in [4.78, 5) is 24.3. The first-order valence-corrected chi connectivity index (χ1v) is 6.42. The lowest BCUT2D eigenvalue weighted by Crippen LogP contribution is -2.42. The maximum absolute atomic E-state index is 12.2. The molecule has 0 amide bonds. The Kier molecular flexibility index (Phi) is 3.08. The van der Waals surface area contributed by atoms with E-state index in [2.05, 4.69) is 10.9 Å². The number of Topliss-reactive ketones (excluding diaryl/α,β-unsaturated/α-hetero) is 2. The molecule has 20 heavy (non-hydrogen) atoms. The molecule has 4 nitrogen and oxygen atoms in total. The Hall–Kier alpha value is -2.46. The quantitative estimate of drug-likeness (QED) is 0.661. The van der Waals surface area contributed by atoms with Gasteiger partial charge >= 0.3 is 0 Å². The standard InChI is InChI=1S/C16H14N2O2/c1-10-5-4-6-11(9-10)17-18-14-15(19)12-7-2-3-8-13(12)16(14)20/h2-9,14,17-18H,1H3. The molecule has 3 rings (SSSR count). The van der Waals surface area contributed by atoms with Crippen LogP contribution in [0.5, 0.6) is 0 Å². The molecule has 0 radical (unpaired) electrons. The number of nitrogens with one attached hydrogen (secondary N) is 2. The van der Waals surface area contributed by atoms with E-state index in [0.717, 1.165) is 11.3 Å². The maximum atomic E-state index is 12.2. The van der Waals surface area contributed by atoms with Crippen molar-refractivity contribution in [3.63, 3.8) is 0 Å². The number of carbonyl (C=O) groups excluding carboxylic acids is 2. The molecule has 1 aliphatic rings. The molecule has 0 saturated carbocycles. The zero-order chi connectivity index (χ0) is 14.1. The van der Waals surface area contributed by atoms with Crippen molar-refractivity contribution in [2.75, 3.05) is 5.43 Å². The van der Waals surface area contributed by atoms with Crippen LogP contribution >= 0.6 is 0 Å². The fraction of sp³-hybridized carbons (Fsp3) is 0.125. The minimum Gasteiger partial charge on any atom is -0.320 e. The molecule has 0 saturated heterocycles. The van der Waals surface area contributed by atoms with Gasteiger partial charge in [0, 0.05) is 16.8 Å². The molecule has 0 aromatic heterocycles.